The van der Waals surface area contributed by atoms with E-state index in [1.807, 2.05) is 12.1 Å². The highest BCUT2D eigenvalue weighted by Gasteiger charge is 2.19. The molecule has 2 aromatic rings. The molecule has 1 aliphatic heterocycles. The highest BCUT2D eigenvalue weighted by Crippen LogP contribution is 2.24. The number of carbonyl (C=O) groups is 1. The van der Waals surface area contributed by atoms with Gasteiger partial charge in [0.25, 0.3) is 5.91 Å². The number of hydrogen-bond acceptors (Lipinski definition) is 5. The third-order valence-electron chi connectivity index (χ3n) is 4.93. The molecule has 0 atom stereocenters. The number of anilines is 1. The Morgan fingerprint density at radius 3 is 2.50 bits per heavy atom. The molecule has 0 radical (unpaired) electrons. The number of ether oxygens (including phenoxy) is 2. The number of nitrogens with zero attached hydrogens (tertiary/aromatic N) is 2. The largest absolute Gasteiger partial charge is 0.497 e. The zero-order chi connectivity index (χ0) is 19.9. The van der Waals surface area contributed by atoms with Crippen LogP contribution in [0.15, 0.2) is 42.5 Å². The number of amides is 1. The second-order valence-electron chi connectivity index (χ2n) is 6.60. The molecule has 3 rings (SSSR count). The fourth-order valence-corrected chi connectivity index (χ4v) is 3.33. The lowest BCUT2D eigenvalue weighted by molar-refractivity contribution is 0.0944. The molecule has 0 spiro atoms. The molecule has 0 unspecified atom stereocenters. The van der Waals surface area contributed by atoms with Crippen molar-refractivity contribution in [1.82, 2.24) is 10.2 Å². The fraction of sp³-hybridized carbons (Fsp3) is 0.381. The quantitative estimate of drug-likeness (QED) is 0.791. The Labute approximate surface area is 164 Å². The van der Waals surface area contributed by atoms with E-state index in [0.29, 0.717) is 29.3 Å². The zero-order valence-corrected chi connectivity index (χ0v) is 16.3. The number of nitrogens with one attached hydrogen (secondary N) is 1. The van der Waals surface area contributed by atoms with E-state index in [4.69, 9.17) is 9.47 Å². The molecule has 1 aliphatic rings. The predicted octanol–water partition coefficient (Wildman–Crippen LogP) is 2.39. The summed E-state index contributed by atoms with van der Waals surface area (Å²) in [5.74, 6) is 0.762. The third kappa shape index (κ3) is 4.72. The van der Waals surface area contributed by atoms with Gasteiger partial charge < -0.3 is 19.7 Å². The van der Waals surface area contributed by atoms with E-state index < -0.39 is 0 Å². The monoisotopic (exact) mass is 387 g/mol. The van der Waals surface area contributed by atoms with Crippen LogP contribution in [-0.2, 0) is 0 Å². The number of benzene rings is 2. The molecule has 1 fully saturated rings. The first kappa shape index (κ1) is 19.9. The van der Waals surface area contributed by atoms with Crippen LogP contribution in [0, 0.1) is 5.82 Å². The zero-order valence-electron chi connectivity index (χ0n) is 16.3. The maximum absolute atomic E-state index is 13.9. The molecule has 0 bridgehead atoms. The molecular weight excluding hydrogens is 361 g/mol. The van der Waals surface area contributed by atoms with Gasteiger partial charge in [-0.25, -0.2) is 4.39 Å². The molecule has 1 heterocycles. The van der Waals surface area contributed by atoms with Gasteiger partial charge in [0, 0.05) is 45.3 Å². The summed E-state index contributed by atoms with van der Waals surface area (Å²) in [4.78, 5) is 16.8. The van der Waals surface area contributed by atoms with E-state index >= 15 is 0 Å². The highest BCUT2D eigenvalue weighted by molar-refractivity contribution is 5.97. The van der Waals surface area contributed by atoms with Crippen LogP contribution in [0.3, 0.4) is 0 Å². The normalized spacial score (nSPS) is 14.6. The first-order valence-corrected chi connectivity index (χ1v) is 9.34. The van der Waals surface area contributed by atoms with Gasteiger partial charge in [0.1, 0.15) is 17.3 Å². The highest BCUT2D eigenvalue weighted by atomic mass is 19.1. The van der Waals surface area contributed by atoms with E-state index in [9.17, 15) is 9.18 Å². The third-order valence-corrected chi connectivity index (χ3v) is 4.93. The van der Waals surface area contributed by atoms with Gasteiger partial charge in [0.2, 0.25) is 0 Å². The molecule has 1 N–H and O–H groups in total. The molecule has 0 aliphatic carbocycles. The van der Waals surface area contributed by atoms with Crippen LogP contribution in [0.25, 0.3) is 0 Å². The first-order chi connectivity index (χ1) is 13.6. The summed E-state index contributed by atoms with van der Waals surface area (Å²) in [5.41, 5.74) is 1.13. The Morgan fingerprint density at radius 1 is 1.07 bits per heavy atom. The second kappa shape index (κ2) is 9.41. The Morgan fingerprint density at radius 2 is 1.82 bits per heavy atom. The molecule has 2 aromatic carbocycles. The van der Waals surface area contributed by atoms with Gasteiger partial charge in [-0.3, -0.25) is 9.69 Å². The number of piperazine rings is 1. The molecule has 1 amide bonds. The van der Waals surface area contributed by atoms with E-state index in [0.717, 1.165) is 32.7 Å². The van der Waals surface area contributed by atoms with E-state index in [1.54, 1.807) is 31.4 Å². The number of halogens is 1. The van der Waals surface area contributed by atoms with Crippen LogP contribution in [0.4, 0.5) is 10.1 Å². The van der Waals surface area contributed by atoms with Crippen molar-refractivity contribution in [1.29, 1.82) is 0 Å². The Bertz CT molecular complexity index is 807. The van der Waals surface area contributed by atoms with E-state index in [-0.39, 0.29) is 11.7 Å². The number of para-hydroxylation sites is 1. The van der Waals surface area contributed by atoms with Gasteiger partial charge in [0.15, 0.2) is 0 Å². The number of methoxy groups -OCH3 is 2. The average Bonchev–Trinajstić information content (AvgIpc) is 2.74. The van der Waals surface area contributed by atoms with E-state index in [2.05, 4.69) is 15.1 Å². The minimum atomic E-state index is -0.184. The summed E-state index contributed by atoms with van der Waals surface area (Å²) < 4.78 is 24.3. The van der Waals surface area contributed by atoms with Crippen molar-refractivity contribution in [3.05, 3.63) is 53.8 Å². The van der Waals surface area contributed by atoms with Crippen molar-refractivity contribution >= 4 is 11.6 Å². The Kier molecular flexibility index (Phi) is 6.71. The molecular formula is C21H26FN3O3. The molecule has 7 heteroatoms. The summed E-state index contributed by atoms with van der Waals surface area (Å²) in [6.45, 7) is 4.47. The van der Waals surface area contributed by atoms with Gasteiger partial charge in [0.05, 0.1) is 25.5 Å². The van der Waals surface area contributed by atoms with Crippen molar-refractivity contribution in [3.8, 4) is 11.5 Å². The molecule has 0 aromatic heterocycles. The summed E-state index contributed by atoms with van der Waals surface area (Å²) in [7, 11) is 3.10. The lowest BCUT2D eigenvalue weighted by Crippen LogP contribution is -2.48. The topological polar surface area (TPSA) is 54.0 Å². The first-order valence-electron chi connectivity index (χ1n) is 9.34. The average molecular weight is 387 g/mol. The lowest BCUT2D eigenvalue weighted by atomic mass is 10.1. The summed E-state index contributed by atoms with van der Waals surface area (Å²) in [6, 6.07) is 12.0. The van der Waals surface area contributed by atoms with Crippen molar-refractivity contribution in [2.45, 2.75) is 0 Å². The van der Waals surface area contributed by atoms with Crippen LogP contribution in [-0.4, -0.2) is 64.3 Å². The standard InChI is InChI=1S/C21H26FN3O3/c1-27-16-7-8-17(20(15-16)28-2)21(26)23-9-10-24-11-13-25(14-12-24)19-6-4-3-5-18(19)22/h3-8,15H,9-14H2,1-2H3,(H,23,26). The number of carbonyl (C=O) groups excluding carboxylic acids is 1. The minimum Gasteiger partial charge on any atom is -0.497 e. The number of rotatable bonds is 7. The van der Waals surface area contributed by atoms with Gasteiger partial charge in [-0.2, -0.15) is 0 Å². The second-order valence-corrected chi connectivity index (χ2v) is 6.60. The molecule has 6 nitrogen and oxygen atoms in total. The van der Waals surface area contributed by atoms with Crippen LogP contribution < -0.4 is 19.7 Å². The lowest BCUT2D eigenvalue weighted by Gasteiger charge is -2.36. The predicted molar refractivity (Wildman–Crippen MR) is 107 cm³/mol. The van der Waals surface area contributed by atoms with Crippen LogP contribution in [0.5, 0.6) is 11.5 Å². The Hall–Kier alpha value is -2.80. The molecule has 28 heavy (non-hydrogen) atoms. The fourth-order valence-electron chi connectivity index (χ4n) is 3.33. The summed E-state index contributed by atoms with van der Waals surface area (Å²) >= 11 is 0. The minimum absolute atomic E-state index is 0.176. The maximum atomic E-state index is 13.9. The summed E-state index contributed by atoms with van der Waals surface area (Å²) in [6.07, 6.45) is 0. The van der Waals surface area contributed by atoms with Crippen LogP contribution in [0.2, 0.25) is 0 Å². The van der Waals surface area contributed by atoms with Crippen LogP contribution >= 0.6 is 0 Å². The number of hydrogen-bond donors (Lipinski definition) is 1. The smallest absolute Gasteiger partial charge is 0.255 e. The summed E-state index contributed by atoms with van der Waals surface area (Å²) in [5, 5.41) is 2.94. The van der Waals surface area contributed by atoms with E-state index in [1.165, 1.54) is 13.2 Å². The van der Waals surface area contributed by atoms with Gasteiger partial charge in [-0.15, -0.1) is 0 Å². The van der Waals surface area contributed by atoms with Gasteiger partial charge in [-0.05, 0) is 24.3 Å². The van der Waals surface area contributed by atoms with Crippen molar-refractivity contribution in [3.63, 3.8) is 0 Å². The van der Waals surface area contributed by atoms with Crippen LogP contribution in [0.1, 0.15) is 10.4 Å². The van der Waals surface area contributed by atoms with Crippen molar-refractivity contribution in [2.24, 2.45) is 0 Å². The van der Waals surface area contributed by atoms with Crippen molar-refractivity contribution < 1.29 is 18.7 Å². The molecule has 1 saturated heterocycles. The molecule has 150 valence electrons. The van der Waals surface area contributed by atoms with Crippen molar-refractivity contribution in [2.75, 3.05) is 58.4 Å². The molecule has 0 saturated carbocycles. The maximum Gasteiger partial charge on any atom is 0.255 e. The van der Waals surface area contributed by atoms with Gasteiger partial charge >= 0.3 is 0 Å². The van der Waals surface area contributed by atoms with Gasteiger partial charge in [-0.1, -0.05) is 12.1 Å². The SMILES string of the molecule is COc1ccc(C(=O)NCCN2CCN(c3ccccc3F)CC2)c(OC)c1. The Balaban J connectivity index is 1.46.